The highest BCUT2D eigenvalue weighted by atomic mass is 16.4. The topological polar surface area (TPSA) is 40.5 Å². The smallest absolute Gasteiger partial charge is 0.308 e. The first-order valence-electron chi connectivity index (χ1n) is 6.22. The predicted octanol–water partition coefficient (Wildman–Crippen LogP) is 2.94. The van der Waals surface area contributed by atoms with Crippen LogP contribution >= 0.6 is 0 Å². The van der Waals surface area contributed by atoms with Gasteiger partial charge in [0, 0.05) is 6.04 Å². The Morgan fingerprint density at radius 3 is 2.06 bits per heavy atom. The van der Waals surface area contributed by atoms with Gasteiger partial charge in [-0.25, -0.2) is 0 Å². The third-order valence-corrected chi connectivity index (χ3v) is 3.62. The summed E-state index contributed by atoms with van der Waals surface area (Å²) in [5.74, 6) is -1.19. The second-order valence-electron chi connectivity index (χ2n) is 5.33. The van der Waals surface area contributed by atoms with Crippen molar-refractivity contribution in [2.75, 3.05) is 14.1 Å². The zero-order valence-corrected chi connectivity index (χ0v) is 12.1. The number of hydrogen-bond donors (Lipinski definition) is 1. The zero-order chi connectivity index (χ0) is 14.0. The lowest BCUT2D eigenvalue weighted by molar-refractivity contribution is -0.143. The summed E-state index contributed by atoms with van der Waals surface area (Å²) < 4.78 is 0. The second kappa shape index (κ2) is 5.53. The van der Waals surface area contributed by atoms with Gasteiger partial charge >= 0.3 is 5.97 Å². The van der Waals surface area contributed by atoms with Crippen LogP contribution in [0.25, 0.3) is 0 Å². The van der Waals surface area contributed by atoms with E-state index < -0.39 is 11.9 Å². The van der Waals surface area contributed by atoms with Gasteiger partial charge < -0.3 is 10.0 Å². The summed E-state index contributed by atoms with van der Waals surface area (Å²) in [6.45, 7) is 7.96. The Kier molecular flexibility index (Phi) is 4.52. The van der Waals surface area contributed by atoms with Crippen molar-refractivity contribution in [3.63, 3.8) is 0 Å². The maximum Gasteiger partial charge on any atom is 0.308 e. The second-order valence-corrected chi connectivity index (χ2v) is 5.33. The Bertz CT molecular complexity index is 452. The zero-order valence-electron chi connectivity index (χ0n) is 12.1. The van der Waals surface area contributed by atoms with Crippen molar-refractivity contribution in [1.82, 2.24) is 4.90 Å². The highest BCUT2D eigenvalue weighted by molar-refractivity contribution is 5.71. The number of aliphatic carboxylic acids is 1. The molecule has 0 bridgehead atoms. The molecule has 0 amide bonds. The number of carbonyl (C=O) groups is 1. The minimum atomic E-state index is -0.758. The van der Waals surface area contributed by atoms with Gasteiger partial charge in [0.1, 0.15) is 0 Å². The van der Waals surface area contributed by atoms with E-state index in [-0.39, 0.29) is 6.04 Å². The first-order chi connectivity index (χ1) is 8.25. The SMILES string of the molecule is Cc1cc(C)c(C(C(C)C(=O)O)N(C)C)cc1C. The van der Waals surface area contributed by atoms with E-state index in [1.807, 2.05) is 25.9 Å². The third kappa shape index (κ3) is 2.91. The fraction of sp³-hybridized carbons (Fsp3) is 0.533. The molecule has 0 spiro atoms. The summed E-state index contributed by atoms with van der Waals surface area (Å²) in [5, 5.41) is 9.25. The molecular weight excluding hydrogens is 226 g/mol. The van der Waals surface area contributed by atoms with Gasteiger partial charge in [0.25, 0.3) is 0 Å². The van der Waals surface area contributed by atoms with Gasteiger partial charge in [-0.2, -0.15) is 0 Å². The van der Waals surface area contributed by atoms with Crippen molar-refractivity contribution in [3.05, 3.63) is 34.4 Å². The lowest BCUT2D eigenvalue weighted by Gasteiger charge is -2.30. The van der Waals surface area contributed by atoms with Crippen LogP contribution in [0.1, 0.15) is 35.2 Å². The maximum atomic E-state index is 11.3. The number of benzene rings is 1. The van der Waals surface area contributed by atoms with Crippen molar-refractivity contribution in [1.29, 1.82) is 0 Å². The number of rotatable bonds is 4. The molecule has 2 atom stereocenters. The molecule has 0 saturated carbocycles. The van der Waals surface area contributed by atoms with Crippen LogP contribution in [-0.4, -0.2) is 30.1 Å². The van der Waals surface area contributed by atoms with E-state index in [0.717, 1.165) is 11.1 Å². The van der Waals surface area contributed by atoms with Gasteiger partial charge in [0.2, 0.25) is 0 Å². The van der Waals surface area contributed by atoms with Crippen LogP contribution < -0.4 is 0 Å². The van der Waals surface area contributed by atoms with Crippen LogP contribution in [0.3, 0.4) is 0 Å². The standard InChI is InChI=1S/C15H23NO2/c1-9-7-11(3)13(8-10(9)2)14(16(5)6)12(4)15(17)18/h7-8,12,14H,1-6H3,(H,17,18). The molecule has 0 radical (unpaired) electrons. The first-order valence-corrected chi connectivity index (χ1v) is 6.22. The number of aryl methyl sites for hydroxylation is 3. The number of nitrogens with zero attached hydrogens (tertiary/aromatic N) is 1. The van der Waals surface area contributed by atoms with Gasteiger partial charge in [-0.1, -0.05) is 19.1 Å². The largest absolute Gasteiger partial charge is 0.481 e. The molecule has 0 fully saturated rings. The summed E-state index contributed by atoms with van der Waals surface area (Å²) in [7, 11) is 3.86. The third-order valence-electron chi connectivity index (χ3n) is 3.62. The van der Waals surface area contributed by atoms with Gasteiger partial charge in [0.05, 0.1) is 5.92 Å². The monoisotopic (exact) mass is 249 g/mol. The molecule has 0 saturated heterocycles. The Balaban J connectivity index is 3.30. The lowest BCUT2D eigenvalue weighted by Crippen LogP contribution is -2.31. The molecule has 0 aliphatic rings. The molecular formula is C15H23NO2. The fourth-order valence-corrected chi connectivity index (χ4v) is 2.43. The molecule has 0 aliphatic heterocycles. The predicted molar refractivity (Wildman–Crippen MR) is 73.9 cm³/mol. The van der Waals surface area contributed by atoms with Crippen LogP contribution in [0.2, 0.25) is 0 Å². The van der Waals surface area contributed by atoms with Gasteiger partial charge in [-0.05, 0) is 57.1 Å². The van der Waals surface area contributed by atoms with E-state index >= 15 is 0 Å². The number of carboxylic acids is 1. The highest BCUT2D eigenvalue weighted by Gasteiger charge is 2.28. The van der Waals surface area contributed by atoms with E-state index in [2.05, 4.69) is 26.0 Å². The minimum absolute atomic E-state index is 0.0956. The van der Waals surface area contributed by atoms with E-state index in [0.29, 0.717) is 0 Å². The number of carboxylic acid groups (broad SMARTS) is 1. The van der Waals surface area contributed by atoms with Crippen LogP contribution in [0.15, 0.2) is 12.1 Å². The van der Waals surface area contributed by atoms with Crippen molar-refractivity contribution >= 4 is 5.97 Å². The Labute approximate surface area is 109 Å². The van der Waals surface area contributed by atoms with Crippen molar-refractivity contribution in [3.8, 4) is 0 Å². The van der Waals surface area contributed by atoms with Crippen molar-refractivity contribution in [2.24, 2.45) is 5.92 Å². The van der Waals surface area contributed by atoms with E-state index in [9.17, 15) is 9.90 Å². The van der Waals surface area contributed by atoms with Crippen LogP contribution in [0.5, 0.6) is 0 Å². The molecule has 1 N–H and O–H groups in total. The van der Waals surface area contributed by atoms with Crippen LogP contribution in [-0.2, 0) is 4.79 Å². The van der Waals surface area contributed by atoms with Crippen LogP contribution in [0, 0.1) is 26.7 Å². The van der Waals surface area contributed by atoms with E-state index in [1.165, 1.54) is 11.1 Å². The highest BCUT2D eigenvalue weighted by Crippen LogP contribution is 2.31. The van der Waals surface area contributed by atoms with Crippen molar-refractivity contribution in [2.45, 2.75) is 33.7 Å². The lowest BCUT2D eigenvalue weighted by atomic mass is 9.88. The van der Waals surface area contributed by atoms with Gasteiger partial charge in [-0.3, -0.25) is 4.79 Å². The molecule has 100 valence electrons. The Morgan fingerprint density at radius 2 is 1.61 bits per heavy atom. The van der Waals surface area contributed by atoms with E-state index in [4.69, 9.17) is 0 Å². The summed E-state index contributed by atoms with van der Waals surface area (Å²) in [5.41, 5.74) is 4.72. The Morgan fingerprint density at radius 1 is 1.11 bits per heavy atom. The minimum Gasteiger partial charge on any atom is -0.481 e. The van der Waals surface area contributed by atoms with E-state index in [1.54, 1.807) is 6.92 Å². The summed E-state index contributed by atoms with van der Waals surface area (Å²) in [6, 6.07) is 4.16. The molecule has 0 aliphatic carbocycles. The van der Waals surface area contributed by atoms with Crippen LogP contribution in [0.4, 0.5) is 0 Å². The molecule has 0 heterocycles. The summed E-state index contributed by atoms with van der Waals surface area (Å²) in [6.07, 6.45) is 0. The molecule has 1 rings (SSSR count). The Hall–Kier alpha value is -1.35. The van der Waals surface area contributed by atoms with Crippen molar-refractivity contribution < 1.29 is 9.90 Å². The fourth-order valence-electron chi connectivity index (χ4n) is 2.43. The van der Waals surface area contributed by atoms with Gasteiger partial charge in [0.15, 0.2) is 0 Å². The summed E-state index contributed by atoms with van der Waals surface area (Å²) in [4.78, 5) is 13.2. The number of hydrogen-bond acceptors (Lipinski definition) is 2. The first kappa shape index (κ1) is 14.7. The molecule has 18 heavy (non-hydrogen) atoms. The quantitative estimate of drug-likeness (QED) is 0.892. The molecule has 1 aromatic carbocycles. The van der Waals surface area contributed by atoms with Gasteiger partial charge in [-0.15, -0.1) is 0 Å². The molecule has 2 unspecified atom stereocenters. The normalized spacial score (nSPS) is 14.6. The molecule has 3 nitrogen and oxygen atoms in total. The average Bonchev–Trinajstić information content (AvgIpc) is 2.24. The molecule has 3 heteroatoms. The average molecular weight is 249 g/mol. The summed E-state index contributed by atoms with van der Waals surface area (Å²) >= 11 is 0. The maximum absolute atomic E-state index is 11.3. The molecule has 1 aromatic rings. The molecule has 0 aromatic heterocycles.